The Balaban J connectivity index is 2.59. The van der Waals surface area contributed by atoms with Crippen LogP contribution in [0.3, 0.4) is 0 Å². The fourth-order valence-electron chi connectivity index (χ4n) is 1.43. The summed E-state index contributed by atoms with van der Waals surface area (Å²) in [4.78, 5) is 10.7. The molecule has 12 heavy (non-hydrogen) atoms. The van der Waals surface area contributed by atoms with Crippen LogP contribution >= 0.6 is 11.8 Å². The van der Waals surface area contributed by atoms with Crippen molar-refractivity contribution in [3.05, 3.63) is 0 Å². The standard InChI is InChI=1S/C8H14O3S/c1-8(11,7(9)10)6-2-4-12-5-3-6/h6,11H,2-5H2,1H3,(H,9,10). The van der Waals surface area contributed by atoms with E-state index in [1.807, 2.05) is 11.8 Å². The lowest BCUT2D eigenvalue weighted by atomic mass is 9.85. The minimum atomic E-state index is -1.53. The fourth-order valence-corrected chi connectivity index (χ4v) is 2.54. The third kappa shape index (κ3) is 1.93. The first-order valence-electron chi connectivity index (χ1n) is 4.08. The van der Waals surface area contributed by atoms with Crippen molar-refractivity contribution >= 4 is 17.7 Å². The van der Waals surface area contributed by atoms with Crippen LogP contribution in [-0.4, -0.2) is 33.3 Å². The van der Waals surface area contributed by atoms with Gasteiger partial charge in [-0.2, -0.15) is 11.8 Å². The van der Waals surface area contributed by atoms with E-state index in [1.165, 1.54) is 6.92 Å². The number of hydrogen-bond donors (Lipinski definition) is 2. The Kier molecular flexibility index (Phi) is 3.01. The molecular weight excluding hydrogens is 176 g/mol. The molecule has 2 N–H and O–H groups in total. The van der Waals surface area contributed by atoms with E-state index >= 15 is 0 Å². The van der Waals surface area contributed by atoms with Crippen molar-refractivity contribution in [1.82, 2.24) is 0 Å². The molecular formula is C8H14O3S. The van der Waals surface area contributed by atoms with Gasteiger partial charge in [0.2, 0.25) is 0 Å². The number of aliphatic hydroxyl groups is 1. The Bertz CT molecular complexity index is 173. The highest BCUT2D eigenvalue weighted by Gasteiger charge is 2.39. The Morgan fingerprint density at radius 3 is 2.42 bits per heavy atom. The van der Waals surface area contributed by atoms with E-state index < -0.39 is 11.6 Å². The summed E-state index contributed by atoms with van der Waals surface area (Å²) in [6, 6.07) is 0. The molecule has 1 aliphatic heterocycles. The third-order valence-corrected chi connectivity index (χ3v) is 3.50. The summed E-state index contributed by atoms with van der Waals surface area (Å²) in [5.41, 5.74) is -1.53. The van der Waals surface area contributed by atoms with E-state index in [9.17, 15) is 9.90 Å². The van der Waals surface area contributed by atoms with Crippen LogP contribution in [0, 0.1) is 5.92 Å². The third-order valence-electron chi connectivity index (χ3n) is 2.45. The molecule has 0 spiro atoms. The van der Waals surface area contributed by atoms with Crippen molar-refractivity contribution < 1.29 is 15.0 Å². The molecule has 1 heterocycles. The van der Waals surface area contributed by atoms with Crippen molar-refractivity contribution in [1.29, 1.82) is 0 Å². The van der Waals surface area contributed by atoms with Crippen LogP contribution in [0.1, 0.15) is 19.8 Å². The Hall–Kier alpha value is -0.220. The Morgan fingerprint density at radius 2 is 2.00 bits per heavy atom. The summed E-state index contributed by atoms with van der Waals surface area (Å²) in [5.74, 6) is 0.762. The summed E-state index contributed by atoms with van der Waals surface area (Å²) in [7, 11) is 0. The van der Waals surface area contributed by atoms with Gasteiger partial charge in [-0.15, -0.1) is 0 Å². The van der Waals surface area contributed by atoms with Crippen LogP contribution in [-0.2, 0) is 4.79 Å². The molecule has 0 amide bonds. The summed E-state index contributed by atoms with van der Waals surface area (Å²) in [6.07, 6.45) is 1.62. The molecule has 0 aromatic heterocycles. The van der Waals surface area contributed by atoms with E-state index in [-0.39, 0.29) is 5.92 Å². The normalized spacial score (nSPS) is 24.8. The predicted molar refractivity (Wildman–Crippen MR) is 48.3 cm³/mol. The Labute approximate surface area is 76.2 Å². The van der Waals surface area contributed by atoms with Crippen LogP contribution in [0.15, 0.2) is 0 Å². The predicted octanol–water partition coefficient (Wildman–Crippen LogP) is 0.965. The van der Waals surface area contributed by atoms with Gasteiger partial charge < -0.3 is 10.2 Å². The van der Waals surface area contributed by atoms with Crippen molar-refractivity contribution in [2.45, 2.75) is 25.4 Å². The first-order chi connectivity index (χ1) is 5.55. The van der Waals surface area contributed by atoms with Crippen molar-refractivity contribution in [3.63, 3.8) is 0 Å². The number of thioether (sulfide) groups is 1. The zero-order valence-electron chi connectivity index (χ0n) is 7.12. The van der Waals surface area contributed by atoms with Gasteiger partial charge in [-0.3, -0.25) is 0 Å². The molecule has 1 rings (SSSR count). The number of rotatable bonds is 2. The molecule has 1 saturated heterocycles. The first kappa shape index (κ1) is 9.86. The van der Waals surface area contributed by atoms with Gasteiger partial charge in [0.15, 0.2) is 5.60 Å². The molecule has 0 saturated carbocycles. The molecule has 0 aromatic rings. The van der Waals surface area contributed by atoms with E-state index in [0.717, 1.165) is 24.3 Å². The number of hydrogen-bond acceptors (Lipinski definition) is 3. The maximum Gasteiger partial charge on any atom is 0.335 e. The van der Waals surface area contributed by atoms with Crippen molar-refractivity contribution in [2.24, 2.45) is 5.92 Å². The lowest BCUT2D eigenvalue weighted by molar-refractivity contribution is -0.162. The molecule has 1 atom stereocenters. The van der Waals surface area contributed by atoms with Crippen LogP contribution in [0.25, 0.3) is 0 Å². The van der Waals surface area contributed by atoms with Crippen LogP contribution < -0.4 is 0 Å². The SMILES string of the molecule is CC(O)(C(=O)O)C1CCSCC1. The Morgan fingerprint density at radius 1 is 1.50 bits per heavy atom. The quantitative estimate of drug-likeness (QED) is 0.681. The number of aliphatic carboxylic acids is 1. The van der Waals surface area contributed by atoms with Gasteiger partial charge in [0, 0.05) is 0 Å². The van der Waals surface area contributed by atoms with E-state index in [0.29, 0.717) is 0 Å². The second kappa shape index (κ2) is 3.66. The van der Waals surface area contributed by atoms with Gasteiger partial charge >= 0.3 is 5.97 Å². The van der Waals surface area contributed by atoms with E-state index in [1.54, 1.807) is 0 Å². The molecule has 0 aliphatic carbocycles. The zero-order valence-corrected chi connectivity index (χ0v) is 7.93. The van der Waals surface area contributed by atoms with Gasteiger partial charge in [0.25, 0.3) is 0 Å². The van der Waals surface area contributed by atoms with E-state index in [2.05, 4.69) is 0 Å². The van der Waals surface area contributed by atoms with E-state index in [4.69, 9.17) is 5.11 Å². The molecule has 3 nitrogen and oxygen atoms in total. The van der Waals surface area contributed by atoms with Gasteiger partial charge in [-0.25, -0.2) is 4.79 Å². The minimum absolute atomic E-state index is 0.0729. The minimum Gasteiger partial charge on any atom is -0.479 e. The largest absolute Gasteiger partial charge is 0.479 e. The molecule has 0 bridgehead atoms. The number of carboxylic acids is 1. The molecule has 0 radical (unpaired) electrons. The fraction of sp³-hybridized carbons (Fsp3) is 0.875. The van der Waals surface area contributed by atoms with Crippen LogP contribution in [0.5, 0.6) is 0 Å². The zero-order chi connectivity index (χ0) is 9.19. The summed E-state index contributed by atoms with van der Waals surface area (Å²) < 4.78 is 0. The highest BCUT2D eigenvalue weighted by molar-refractivity contribution is 7.99. The van der Waals surface area contributed by atoms with Gasteiger partial charge in [0.05, 0.1) is 0 Å². The average Bonchev–Trinajstić information content (AvgIpc) is 2.06. The summed E-state index contributed by atoms with van der Waals surface area (Å²) in [5, 5.41) is 18.3. The summed E-state index contributed by atoms with van der Waals surface area (Å²) in [6.45, 7) is 1.40. The van der Waals surface area contributed by atoms with Crippen molar-refractivity contribution in [2.75, 3.05) is 11.5 Å². The lowest BCUT2D eigenvalue weighted by Gasteiger charge is -2.31. The first-order valence-corrected chi connectivity index (χ1v) is 5.24. The lowest BCUT2D eigenvalue weighted by Crippen LogP contribution is -2.44. The highest BCUT2D eigenvalue weighted by atomic mass is 32.2. The topological polar surface area (TPSA) is 57.5 Å². The van der Waals surface area contributed by atoms with Gasteiger partial charge in [-0.05, 0) is 37.2 Å². The van der Waals surface area contributed by atoms with Gasteiger partial charge in [-0.1, -0.05) is 0 Å². The maximum atomic E-state index is 10.7. The van der Waals surface area contributed by atoms with Crippen molar-refractivity contribution in [3.8, 4) is 0 Å². The molecule has 0 aromatic carbocycles. The summed E-state index contributed by atoms with van der Waals surface area (Å²) >= 11 is 1.82. The molecule has 4 heteroatoms. The smallest absolute Gasteiger partial charge is 0.335 e. The monoisotopic (exact) mass is 190 g/mol. The maximum absolute atomic E-state index is 10.7. The van der Waals surface area contributed by atoms with Crippen LogP contribution in [0.4, 0.5) is 0 Å². The second-order valence-corrected chi connectivity index (χ2v) is 4.56. The van der Waals surface area contributed by atoms with Crippen LogP contribution in [0.2, 0.25) is 0 Å². The molecule has 1 aliphatic rings. The molecule has 1 fully saturated rings. The van der Waals surface area contributed by atoms with Gasteiger partial charge in [0.1, 0.15) is 0 Å². The average molecular weight is 190 g/mol. The molecule has 1 unspecified atom stereocenters. The number of carboxylic acid groups (broad SMARTS) is 1. The number of carbonyl (C=O) groups is 1. The second-order valence-electron chi connectivity index (χ2n) is 3.34. The highest BCUT2D eigenvalue weighted by Crippen LogP contribution is 2.31. The molecule has 70 valence electrons.